The molecule has 4 nitrogen and oxygen atoms in total. The maximum Gasteiger partial charge on any atom is 0.101 e. The summed E-state index contributed by atoms with van der Waals surface area (Å²) in [6.07, 6.45) is 0. The zero-order chi connectivity index (χ0) is 40.2. The molecule has 0 spiro atoms. The third-order valence-electron chi connectivity index (χ3n) is 11.6. The fourth-order valence-corrected chi connectivity index (χ4v) is 8.28. The van der Waals surface area contributed by atoms with Crippen molar-refractivity contribution in [2.24, 2.45) is 0 Å². The van der Waals surface area contributed by atoms with Crippen LogP contribution < -0.4 is 0 Å². The first-order chi connectivity index (χ1) is 25.6. The summed E-state index contributed by atoms with van der Waals surface area (Å²) in [6, 6.07) is 34.2. The van der Waals surface area contributed by atoms with E-state index in [1.54, 1.807) is 0 Å². The van der Waals surface area contributed by atoms with E-state index in [4.69, 9.17) is 0 Å². The number of hydrogen-bond acceptors (Lipinski definition) is 2. The molecule has 7 rings (SSSR count). The Hall–Kier alpha value is -5.32. The Morgan fingerprint density at radius 2 is 0.673 bits per heavy atom. The van der Waals surface area contributed by atoms with Crippen LogP contribution in [0.2, 0.25) is 0 Å². The van der Waals surface area contributed by atoms with Crippen molar-refractivity contribution in [1.82, 2.24) is 9.13 Å². The van der Waals surface area contributed by atoms with Gasteiger partial charge >= 0.3 is 0 Å². The second-order valence-electron chi connectivity index (χ2n) is 20.1. The summed E-state index contributed by atoms with van der Waals surface area (Å²) in [7, 11) is 0. The molecule has 4 heteroatoms. The Bertz CT molecular complexity index is 2450. The van der Waals surface area contributed by atoms with E-state index >= 15 is 0 Å². The smallest absolute Gasteiger partial charge is 0.101 e. The van der Waals surface area contributed by atoms with Crippen LogP contribution >= 0.6 is 0 Å². The topological polar surface area (TPSA) is 57.4 Å². The second-order valence-corrected chi connectivity index (χ2v) is 20.1. The number of nitriles is 2. The molecule has 0 aliphatic carbocycles. The molecule has 0 saturated heterocycles. The summed E-state index contributed by atoms with van der Waals surface area (Å²) in [5, 5.41) is 26.6. The van der Waals surface area contributed by atoms with Crippen molar-refractivity contribution in [3.8, 4) is 23.5 Å². The van der Waals surface area contributed by atoms with Crippen molar-refractivity contribution in [3.05, 3.63) is 118 Å². The van der Waals surface area contributed by atoms with Crippen molar-refractivity contribution in [3.63, 3.8) is 0 Å². The van der Waals surface area contributed by atoms with E-state index in [2.05, 4.69) is 191 Å². The minimum atomic E-state index is -0.0387. The Kier molecular flexibility index (Phi) is 8.71. The maximum absolute atomic E-state index is 11.0. The molecular formula is C51H56N4. The fraction of sp³-hybridized carbons (Fsp3) is 0.373. The number of hydrogen-bond donors (Lipinski definition) is 0. The van der Waals surface area contributed by atoms with E-state index in [0.717, 1.165) is 39.0 Å². The molecule has 2 aromatic heterocycles. The summed E-state index contributed by atoms with van der Waals surface area (Å²) in [5.41, 5.74) is 12.7. The molecule has 0 aliphatic heterocycles. The molecule has 0 unspecified atom stereocenters. The second kappa shape index (κ2) is 12.6. The highest BCUT2D eigenvalue weighted by Gasteiger charge is 2.30. The van der Waals surface area contributed by atoms with Crippen LogP contribution in [-0.4, -0.2) is 9.13 Å². The molecule has 2 heterocycles. The molecule has 0 saturated carbocycles. The lowest BCUT2D eigenvalue weighted by Gasteiger charge is -2.25. The third-order valence-corrected chi connectivity index (χ3v) is 11.6. The van der Waals surface area contributed by atoms with Gasteiger partial charge in [0.15, 0.2) is 0 Å². The molecule has 0 aliphatic rings. The van der Waals surface area contributed by atoms with Crippen LogP contribution in [0.25, 0.3) is 55.0 Å². The first-order valence-corrected chi connectivity index (χ1v) is 19.8. The zero-order valence-corrected chi connectivity index (χ0v) is 35.4. The van der Waals surface area contributed by atoms with Crippen molar-refractivity contribution >= 4 is 43.6 Å². The first kappa shape index (κ1) is 38.0. The highest BCUT2D eigenvalue weighted by Crippen LogP contribution is 2.45. The van der Waals surface area contributed by atoms with Gasteiger partial charge in [-0.05, 0) is 104 Å². The molecule has 0 amide bonds. The lowest BCUT2D eigenvalue weighted by molar-refractivity contribution is 0.590. The number of rotatable bonds is 3. The van der Waals surface area contributed by atoms with Gasteiger partial charge in [-0.3, -0.25) is 0 Å². The summed E-state index contributed by atoms with van der Waals surface area (Å²) < 4.78 is 4.62. The molecule has 7 aromatic rings. The monoisotopic (exact) mass is 724 g/mol. The maximum atomic E-state index is 11.0. The standard InChI is InChI=1S/C51H56N4/c1-30(2)45-46(54-41-19-15-33(48(3,4)5)24-37(41)38-25-34(49(6,7)8)16-20-42(38)54)31(28-52)23-32(29-53)47(45)55-43-21-17-35(50(9,10)11)26-39(43)40-27-36(51(12,13)14)18-22-44(40)55/h15-27,30H,1-14H3. The van der Waals surface area contributed by atoms with Crippen LogP contribution in [-0.2, 0) is 21.7 Å². The highest BCUT2D eigenvalue weighted by molar-refractivity contribution is 6.12. The third kappa shape index (κ3) is 6.21. The van der Waals surface area contributed by atoms with Crippen LogP contribution in [0.3, 0.4) is 0 Å². The van der Waals surface area contributed by atoms with Crippen LogP contribution in [0.15, 0.2) is 78.9 Å². The first-order valence-electron chi connectivity index (χ1n) is 19.8. The van der Waals surface area contributed by atoms with Crippen LogP contribution in [0.1, 0.15) is 142 Å². The quantitative estimate of drug-likeness (QED) is 0.182. The van der Waals surface area contributed by atoms with Gasteiger partial charge in [0.25, 0.3) is 0 Å². The Balaban J connectivity index is 1.70. The van der Waals surface area contributed by atoms with Gasteiger partial charge < -0.3 is 9.13 Å². The van der Waals surface area contributed by atoms with Gasteiger partial charge in [-0.2, -0.15) is 10.5 Å². The molecule has 5 aromatic carbocycles. The van der Waals surface area contributed by atoms with Gasteiger partial charge in [-0.15, -0.1) is 0 Å². The highest BCUT2D eigenvalue weighted by atomic mass is 15.0. The van der Waals surface area contributed by atoms with Crippen molar-refractivity contribution in [2.45, 2.75) is 125 Å². The number of benzene rings is 5. The molecule has 280 valence electrons. The Morgan fingerprint density at radius 1 is 0.418 bits per heavy atom. The van der Waals surface area contributed by atoms with Gasteiger partial charge in [0.1, 0.15) is 12.1 Å². The minimum absolute atomic E-state index is 0.0317. The van der Waals surface area contributed by atoms with E-state index in [1.165, 1.54) is 43.8 Å². The van der Waals surface area contributed by atoms with Gasteiger partial charge in [0.05, 0.1) is 44.6 Å². The summed E-state index contributed by atoms with van der Waals surface area (Å²) >= 11 is 0. The number of aromatic nitrogens is 2. The molecule has 0 radical (unpaired) electrons. The van der Waals surface area contributed by atoms with Crippen molar-refractivity contribution in [1.29, 1.82) is 10.5 Å². The van der Waals surface area contributed by atoms with Crippen LogP contribution in [0.5, 0.6) is 0 Å². The fourth-order valence-electron chi connectivity index (χ4n) is 8.28. The summed E-state index contributed by atoms with van der Waals surface area (Å²) in [6.45, 7) is 31.5. The zero-order valence-electron chi connectivity index (χ0n) is 35.4. The predicted molar refractivity (Wildman–Crippen MR) is 233 cm³/mol. The predicted octanol–water partition coefficient (Wildman–Crippen LogP) is 13.9. The Labute approximate surface area is 328 Å². The average Bonchev–Trinajstić information content (AvgIpc) is 3.60. The molecular weight excluding hydrogens is 669 g/mol. The van der Waals surface area contributed by atoms with Gasteiger partial charge in [0.2, 0.25) is 0 Å². The molecule has 55 heavy (non-hydrogen) atoms. The minimum Gasteiger partial charge on any atom is -0.308 e. The Morgan fingerprint density at radius 3 is 0.873 bits per heavy atom. The van der Waals surface area contributed by atoms with E-state index in [0.29, 0.717) is 11.1 Å². The summed E-state index contributed by atoms with van der Waals surface area (Å²) in [4.78, 5) is 0. The number of nitrogens with zero attached hydrogens (tertiary/aromatic N) is 4. The number of fused-ring (bicyclic) bond motifs is 6. The largest absolute Gasteiger partial charge is 0.308 e. The van der Waals surface area contributed by atoms with Crippen LogP contribution in [0.4, 0.5) is 0 Å². The average molecular weight is 725 g/mol. The van der Waals surface area contributed by atoms with Crippen molar-refractivity contribution in [2.75, 3.05) is 0 Å². The summed E-state index contributed by atoms with van der Waals surface area (Å²) in [5.74, 6) is -0.0317. The van der Waals surface area contributed by atoms with Gasteiger partial charge in [-0.1, -0.05) is 121 Å². The van der Waals surface area contributed by atoms with E-state index < -0.39 is 0 Å². The molecule has 0 fully saturated rings. The van der Waals surface area contributed by atoms with Crippen molar-refractivity contribution < 1.29 is 0 Å². The SMILES string of the molecule is CC(C)c1c(-n2c3ccc(C(C)(C)C)cc3c3cc(C(C)(C)C)ccc32)c(C#N)cc(C#N)c1-n1c2ccc(C(C)(C)C)cc2c2cc(C(C)(C)C)ccc21. The van der Waals surface area contributed by atoms with E-state index in [9.17, 15) is 10.5 Å². The van der Waals surface area contributed by atoms with E-state index in [1.807, 2.05) is 6.07 Å². The lowest BCUT2D eigenvalue weighted by Crippen LogP contribution is -2.13. The molecule has 0 N–H and O–H groups in total. The molecule has 0 atom stereocenters. The normalized spacial score (nSPS) is 13.0. The molecule has 0 bridgehead atoms. The van der Waals surface area contributed by atoms with Gasteiger partial charge in [-0.25, -0.2) is 0 Å². The van der Waals surface area contributed by atoms with E-state index in [-0.39, 0.29) is 27.6 Å². The lowest BCUT2D eigenvalue weighted by atomic mass is 9.85. The van der Waals surface area contributed by atoms with Crippen LogP contribution in [0, 0.1) is 22.7 Å². The van der Waals surface area contributed by atoms with Gasteiger partial charge in [0, 0.05) is 27.1 Å².